The van der Waals surface area contributed by atoms with Crippen LogP contribution < -0.4 is 16.0 Å². The summed E-state index contributed by atoms with van der Waals surface area (Å²) in [5, 5.41) is 8.97. The summed E-state index contributed by atoms with van der Waals surface area (Å²) < 4.78 is 22.0. The lowest BCUT2D eigenvalue weighted by atomic mass is 9.93. The second-order valence-corrected chi connectivity index (χ2v) is 17.0. The Hall–Kier alpha value is -2.08. The van der Waals surface area contributed by atoms with Crippen LogP contribution in [0.1, 0.15) is 220 Å². The standard InChI is InChI=1S/C50H97N3O8/c1-4-7-9-11-13-15-17-19-21-23-25-32-47(54)45-46(31-27-28-35-51-48(55)33-26-24-22-20-18-16-14-12-10-8-5-2)50(57)53-37-30-39-60-42-44-61-43-41-59-38-29-36-52-49(56)34-40-58-6-3/h46H,4-45H2,1-3H3,(H,51,55)(H,52,56)(H,53,57)/t46-/m0/s1. The molecule has 0 aliphatic carbocycles. The van der Waals surface area contributed by atoms with Crippen molar-refractivity contribution in [2.75, 3.05) is 72.5 Å². The summed E-state index contributed by atoms with van der Waals surface area (Å²) in [6.45, 7) is 12.1. The molecule has 0 saturated carbocycles. The molecule has 61 heavy (non-hydrogen) atoms. The Morgan fingerprint density at radius 2 is 0.787 bits per heavy atom. The van der Waals surface area contributed by atoms with Crippen LogP contribution in [-0.4, -0.2) is 96.0 Å². The van der Waals surface area contributed by atoms with E-state index < -0.39 is 0 Å². The fourth-order valence-corrected chi connectivity index (χ4v) is 7.34. The van der Waals surface area contributed by atoms with E-state index in [0.717, 1.165) is 44.9 Å². The van der Waals surface area contributed by atoms with Gasteiger partial charge in [0.15, 0.2) is 0 Å². The number of hydrogen-bond donors (Lipinski definition) is 3. The van der Waals surface area contributed by atoms with Gasteiger partial charge in [-0.25, -0.2) is 0 Å². The Morgan fingerprint density at radius 1 is 0.377 bits per heavy atom. The predicted octanol–water partition coefficient (Wildman–Crippen LogP) is 10.7. The number of carbonyl (C=O) groups is 4. The molecule has 3 N–H and O–H groups in total. The number of amides is 3. The Morgan fingerprint density at radius 3 is 1.28 bits per heavy atom. The van der Waals surface area contributed by atoms with Crippen LogP contribution in [0.5, 0.6) is 0 Å². The van der Waals surface area contributed by atoms with E-state index in [2.05, 4.69) is 29.8 Å². The molecular formula is C50H97N3O8. The molecule has 0 aromatic carbocycles. The van der Waals surface area contributed by atoms with Crippen molar-refractivity contribution in [2.45, 2.75) is 220 Å². The molecule has 0 aromatic rings. The van der Waals surface area contributed by atoms with E-state index in [9.17, 15) is 19.2 Å². The fourth-order valence-electron chi connectivity index (χ4n) is 7.34. The van der Waals surface area contributed by atoms with Gasteiger partial charge >= 0.3 is 0 Å². The van der Waals surface area contributed by atoms with E-state index in [-0.39, 0.29) is 35.8 Å². The number of nitrogens with one attached hydrogen (secondary N) is 3. The molecule has 0 unspecified atom stereocenters. The first kappa shape index (κ1) is 58.9. The lowest BCUT2D eigenvalue weighted by molar-refractivity contribution is -0.129. The molecule has 0 heterocycles. The minimum Gasteiger partial charge on any atom is -0.381 e. The second kappa shape index (κ2) is 48.9. The molecule has 1 atom stereocenters. The molecule has 3 amide bonds. The molecule has 0 saturated heterocycles. The van der Waals surface area contributed by atoms with E-state index in [4.69, 9.17) is 18.9 Å². The fraction of sp³-hybridized carbons (Fsp3) is 0.920. The molecule has 0 fully saturated rings. The van der Waals surface area contributed by atoms with Gasteiger partial charge < -0.3 is 34.9 Å². The van der Waals surface area contributed by atoms with Gasteiger partial charge in [-0.15, -0.1) is 0 Å². The van der Waals surface area contributed by atoms with Gasteiger partial charge in [-0.2, -0.15) is 0 Å². The first-order chi connectivity index (χ1) is 29.9. The largest absolute Gasteiger partial charge is 0.381 e. The van der Waals surface area contributed by atoms with Gasteiger partial charge in [0.25, 0.3) is 0 Å². The minimum absolute atomic E-state index is 0.00519. The molecular weight excluding hydrogens is 771 g/mol. The van der Waals surface area contributed by atoms with Crippen molar-refractivity contribution in [1.82, 2.24) is 16.0 Å². The average Bonchev–Trinajstić information content (AvgIpc) is 3.25. The Labute approximate surface area is 374 Å². The van der Waals surface area contributed by atoms with Crippen molar-refractivity contribution in [2.24, 2.45) is 5.92 Å². The van der Waals surface area contributed by atoms with E-state index >= 15 is 0 Å². The van der Waals surface area contributed by atoms with Crippen LogP contribution in [-0.2, 0) is 38.1 Å². The molecule has 11 heteroatoms. The third kappa shape index (κ3) is 45.7. The summed E-state index contributed by atoms with van der Waals surface area (Å²) in [4.78, 5) is 50.3. The predicted molar refractivity (Wildman–Crippen MR) is 251 cm³/mol. The normalized spacial score (nSPS) is 11.8. The monoisotopic (exact) mass is 868 g/mol. The highest BCUT2D eigenvalue weighted by molar-refractivity contribution is 5.86. The molecule has 0 aliphatic rings. The first-order valence-electron chi connectivity index (χ1n) is 25.6. The number of rotatable bonds is 50. The van der Waals surface area contributed by atoms with Crippen LogP contribution in [0.25, 0.3) is 0 Å². The van der Waals surface area contributed by atoms with Crippen LogP contribution in [0.3, 0.4) is 0 Å². The number of ketones is 1. The topological polar surface area (TPSA) is 141 Å². The van der Waals surface area contributed by atoms with Crippen LogP contribution in [0.2, 0.25) is 0 Å². The number of hydrogen-bond acceptors (Lipinski definition) is 8. The minimum atomic E-state index is -0.340. The number of ether oxygens (including phenoxy) is 4. The summed E-state index contributed by atoms with van der Waals surface area (Å²) in [6.07, 6.45) is 33.2. The number of carbonyl (C=O) groups excluding carboxylic acids is 4. The maximum absolute atomic E-state index is 13.3. The van der Waals surface area contributed by atoms with Crippen LogP contribution in [0, 0.1) is 5.92 Å². The summed E-state index contributed by atoms with van der Waals surface area (Å²) >= 11 is 0. The molecule has 0 bridgehead atoms. The Kier molecular flexibility index (Phi) is 47.3. The highest BCUT2D eigenvalue weighted by Crippen LogP contribution is 2.18. The highest BCUT2D eigenvalue weighted by Gasteiger charge is 2.21. The number of Topliss-reactive ketones (excluding diaryl/α,β-unsaturated/α-hetero) is 1. The summed E-state index contributed by atoms with van der Waals surface area (Å²) in [7, 11) is 0. The zero-order valence-corrected chi connectivity index (χ0v) is 40.0. The molecule has 0 aliphatic heterocycles. The van der Waals surface area contributed by atoms with Crippen molar-refractivity contribution in [3.05, 3.63) is 0 Å². The molecule has 0 spiro atoms. The first-order valence-corrected chi connectivity index (χ1v) is 25.6. The summed E-state index contributed by atoms with van der Waals surface area (Å²) in [5.41, 5.74) is 0. The van der Waals surface area contributed by atoms with E-state index in [1.807, 2.05) is 6.92 Å². The van der Waals surface area contributed by atoms with Gasteiger partial charge in [0, 0.05) is 71.1 Å². The van der Waals surface area contributed by atoms with Crippen molar-refractivity contribution in [1.29, 1.82) is 0 Å². The lowest BCUT2D eigenvalue weighted by Crippen LogP contribution is -2.33. The average molecular weight is 868 g/mol. The maximum Gasteiger partial charge on any atom is 0.223 e. The van der Waals surface area contributed by atoms with Crippen LogP contribution in [0.4, 0.5) is 0 Å². The summed E-state index contributed by atoms with van der Waals surface area (Å²) in [5.74, 6) is -0.0969. The highest BCUT2D eigenvalue weighted by atomic mass is 16.5. The van der Waals surface area contributed by atoms with Crippen LogP contribution >= 0.6 is 0 Å². The van der Waals surface area contributed by atoms with Crippen LogP contribution in [0.15, 0.2) is 0 Å². The Bertz CT molecular complexity index is 985. The SMILES string of the molecule is CCCCCCCCCCCCCC(=O)C[C@H](CCCCNC(=O)CCCCCCCCCCCCC)C(=O)NCCCOCCOCCOCCCNC(=O)CCOCC. The third-order valence-corrected chi connectivity index (χ3v) is 11.2. The van der Waals surface area contributed by atoms with Gasteiger partial charge in [0.2, 0.25) is 17.7 Å². The maximum atomic E-state index is 13.3. The summed E-state index contributed by atoms with van der Waals surface area (Å²) in [6, 6.07) is 0. The second-order valence-electron chi connectivity index (χ2n) is 17.0. The number of unbranched alkanes of at least 4 members (excludes halogenated alkanes) is 21. The zero-order valence-electron chi connectivity index (χ0n) is 40.0. The molecule has 0 radical (unpaired) electrons. The van der Waals surface area contributed by atoms with Crippen molar-refractivity contribution in [3.63, 3.8) is 0 Å². The third-order valence-electron chi connectivity index (χ3n) is 11.2. The molecule has 11 nitrogen and oxygen atoms in total. The van der Waals surface area contributed by atoms with Crippen molar-refractivity contribution < 1.29 is 38.1 Å². The zero-order chi connectivity index (χ0) is 44.5. The van der Waals surface area contributed by atoms with Gasteiger partial charge in [-0.1, -0.05) is 149 Å². The lowest BCUT2D eigenvalue weighted by Gasteiger charge is -2.17. The molecule has 360 valence electrons. The van der Waals surface area contributed by atoms with E-state index in [1.165, 1.54) is 116 Å². The quantitative estimate of drug-likeness (QED) is 0.0513. The smallest absolute Gasteiger partial charge is 0.223 e. The van der Waals surface area contributed by atoms with Gasteiger partial charge in [-0.05, 0) is 45.4 Å². The molecule has 0 rings (SSSR count). The van der Waals surface area contributed by atoms with Crippen molar-refractivity contribution in [3.8, 4) is 0 Å². The van der Waals surface area contributed by atoms with Crippen molar-refractivity contribution >= 4 is 23.5 Å². The van der Waals surface area contributed by atoms with Gasteiger partial charge in [0.05, 0.1) is 33.0 Å². The Balaban J connectivity index is 4.27. The van der Waals surface area contributed by atoms with E-state index in [1.54, 1.807) is 0 Å². The molecule has 0 aromatic heterocycles. The van der Waals surface area contributed by atoms with Gasteiger partial charge in [0.1, 0.15) is 5.78 Å². The van der Waals surface area contributed by atoms with E-state index in [0.29, 0.717) is 105 Å². The van der Waals surface area contributed by atoms with Gasteiger partial charge in [-0.3, -0.25) is 19.2 Å².